The lowest BCUT2D eigenvalue weighted by Gasteiger charge is -2.20. The molecule has 3 rings (SSSR count). The smallest absolute Gasteiger partial charge is 0.258 e. The minimum atomic E-state index is -0.903. The number of carbonyl (C=O) groups excluding carboxylic acids is 1. The maximum atomic E-state index is 11.2. The topological polar surface area (TPSA) is 121 Å². The van der Waals surface area contributed by atoms with E-state index in [4.69, 9.17) is 14.4 Å². The van der Waals surface area contributed by atoms with Gasteiger partial charge in [-0.15, -0.1) is 0 Å². The number of aromatic nitrogens is 2. The first-order chi connectivity index (χ1) is 18.1. The van der Waals surface area contributed by atoms with Crippen LogP contribution in [0.15, 0.2) is 34.9 Å². The molecule has 1 heterocycles. The second-order valence-electron chi connectivity index (χ2n) is 10.2. The van der Waals surface area contributed by atoms with Crippen LogP contribution >= 0.6 is 0 Å². The predicted octanol–water partition coefficient (Wildman–Crippen LogP) is 3.52. The summed E-state index contributed by atoms with van der Waals surface area (Å²) in [6.45, 7) is 11.8. The molecule has 0 saturated heterocycles. The first kappa shape index (κ1) is 29.3. The molecule has 0 radical (unpaired) electrons. The summed E-state index contributed by atoms with van der Waals surface area (Å²) in [5, 5.41) is 25.5. The number of hydrogen-bond donors (Lipinski definition) is 3. The summed E-state index contributed by atoms with van der Waals surface area (Å²) in [6.07, 6.45) is -0.197. The molecule has 0 aliphatic rings. The van der Waals surface area contributed by atoms with Crippen molar-refractivity contribution in [3.05, 3.63) is 52.6 Å². The van der Waals surface area contributed by atoms with Gasteiger partial charge in [-0.2, -0.15) is 4.98 Å². The van der Waals surface area contributed by atoms with Crippen molar-refractivity contribution in [1.82, 2.24) is 20.4 Å². The van der Waals surface area contributed by atoms with Gasteiger partial charge in [0.15, 0.2) is 0 Å². The van der Waals surface area contributed by atoms with Crippen LogP contribution in [-0.4, -0.2) is 70.6 Å². The summed E-state index contributed by atoms with van der Waals surface area (Å²) >= 11 is 0. The van der Waals surface area contributed by atoms with Crippen molar-refractivity contribution in [3.8, 4) is 28.6 Å². The molecule has 9 nitrogen and oxygen atoms in total. The molecule has 0 saturated carbocycles. The third kappa shape index (κ3) is 7.86. The van der Waals surface area contributed by atoms with Gasteiger partial charge in [-0.25, -0.2) is 0 Å². The molecule has 38 heavy (non-hydrogen) atoms. The first-order valence-corrected chi connectivity index (χ1v) is 13.1. The lowest BCUT2D eigenvalue weighted by molar-refractivity contribution is -0.124. The van der Waals surface area contributed by atoms with E-state index in [0.29, 0.717) is 29.8 Å². The molecule has 0 aliphatic heterocycles. The quantitative estimate of drug-likeness (QED) is 0.311. The molecule has 0 fully saturated rings. The van der Waals surface area contributed by atoms with Gasteiger partial charge < -0.3 is 29.7 Å². The zero-order valence-corrected chi connectivity index (χ0v) is 23.2. The van der Waals surface area contributed by atoms with Crippen LogP contribution in [-0.2, 0) is 17.8 Å². The molecular weight excluding hydrogens is 484 g/mol. The van der Waals surface area contributed by atoms with E-state index in [9.17, 15) is 9.90 Å². The lowest BCUT2D eigenvalue weighted by atomic mass is 10.0. The molecule has 1 atom stereocenters. The Bertz CT molecular complexity index is 1220. The van der Waals surface area contributed by atoms with Crippen LogP contribution < -0.4 is 10.1 Å². The van der Waals surface area contributed by atoms with Gasteiger partial charge in [-0.3, -0.25) is 4.79 Å². The van der Waals surface area contributed by atoms with E-state index in [0.717, 1.165) is 35.3 Å². The Balaban J connectivity index is 1.73. The SMILES string of the molecule is CCc1cc(-c2noc(-c3ccc(CN(C)CC(C)C)c(C)c3)n2)cc(C)c1OC[C@@H](O)CNC(=O)CO. The van der Waals surface area contributed by atoms with Gasteiger partial charge in [-0.05, 0) is 79.8 Å². The zero-order valence-electron chi connectivity index (χ0n) is 23.2. The van der Waals surface area contributed by atoms with Gasteiger partial charge in [0.2, 0.25) is 11.7 Å². The fourth-order valence-corrected chi connectivity index (χ4v) is 4.41. The van der Waals surface area contributed by atoms with Crippen LogP contribution in [0.25, 0.3) is 22.8 Å². The average Bonchev–Trinajstić information content (AvgIpc) is 3.37. The van der Waals surface area contributed by atoms with Crippen molar-refractivity contribution >= 4 is 5.91 Å². The van der Waals surface area contributed by atoms with E-state index >= 15 is 0 Å². The van der Waals surface area contributed by atoms with E-state index in [-0.39, 0.29) is 13.2 Å². The summed E-state index contributed by atoms with van der Waals surface area (Å²) in [4.78, 5) is 18.2. The van der Waals surface area contributed by atoms with Gasteiger partial charge in [0.05, 0.1) is 0 Å². The molecule has 9 heteroatoms. The maximum Gasteiger partial charge on any atom is 0.258 e. The number of carbonyl (C=O) groups is 1. The maximum absolute atomic E-state index is 11.2. The highest BCUT2D eigenvalue weighted by atomic mass is 16.5. The van der Waals surface area contributed by atoms with E-state index < -0.39 is 18.6 Å². The second-order valence-corrected chi connectivity index (χ2v) is 10.2. The van der Waals surface area contributed by atoms with Crippen molar-refractivity contribution in [3.63, 3.8) is 0 Å². The largest absolute Gasteiger partial charge is 0.490 e. The number of aryl methyl sites for hydroxylation is 3. The number of ether oxygens (including phenoxy) is 1. The van der Waals surface area contributed by atoms with Crippen LogP contribution in [0, 0.1) is 19.8 Å². The molecule has 1 aromatic heterocycles. The Morgan fingerprint density at radius 3 is 2.53 bits per heavy atom. The molecular formula is C29H40N4O5. The Hall–Kier alpha value is -3.27. The van der Waals surface area contributed by atoms with Crippen molar-refractivity contribution in [1.29, 1.82) is 0 Å². The van der Waals surface area contributed by atoms with Crippen molar-refractivity contribution in [2.45, 2.75) is 53.7 Å². The van der Waals surface area contributed by atoms with Crippen molar-refractivity contribution in [2.24, 2.45) is 5.92 Å². The molecule has 0 unspecified atom stereocenters. The number of nitrogens with zero attached hydrogens (tertiary/aromatic N) is 3. The number of amides is 1. The molecule has 0 aliphatic carbocycles. The molecule has 1 amide bonds. The highest BCUT2D eigenvalue weighted by molar-refractivity contribution is 5.76. The third-order valence-corrected chi connectivity index (χ3v) is 6.22. The molecule has 206 valence electrons. The molecule has 3 aromatic rings. The summed E-state index contributed by atoms with van der Waals surface area (Å²) in [5.74, 6) is 1.72. The van der Waals surface area contributed by atoms with Gasteiger partial charge in [0.25, 0.3) is 5.89 Å². The van der Waals surface area contributed by atoms with E-state index in [1.54, 1.807) is 0 Å². The van der Waals surface area contributed by atoms with Crippen LogP contribution in [0.2, 0.25) is 0 Å². The third-order valence-electron chi connectivity index (χ3n) is 6.22. The van der Waals surface area contributed by atoms with E-state index in [1.165, 1.54) is 11.1 Å². The molecule has 0 spiro atoms. The monoisotopic (exact) mass is 524 g/mol. The zero-order chi connectivity index (χ0) is 27.8. The Kier molecular flexibility index (Phi) is 10.4. The highest BCUT2D eigenvalue weighted by Gasteiger charge is 2.17. The Morgan fingerprint density at radius 1 is 1.13 bits per heavy atom. The number of nitrogens with one attached hydrogen (secondary N) is 1. The average molecular weight is 525 g/mol. The van der Waals surface area contributed by atoms with E-state index in [1.807, 2.05) is 32.0 Å². The van der Waals surface area contributed by atoms with Gasteiger partial charge in [0.1, 0.15) is 25.1 Å². The predicted molar refractivity (Wildman–Crippen MR) is 147 cm³/mol. The summed E-state index contributed by atoms with van der Waals surface area (Å²) in [6, 6.07) is 10.1. The molecule has 0 bridgehead atoms. The van der Waals surface area contributed by atoms with Gasteiger partial charge >= 0.3 is 0 Å². The van der Waals surface area contributed by atoms with Crippen LogP contribution in [0.3, 0.4) is 0 Å². The fraction of sp³-hybridized carbons (Fsp3) is 0.483. The molecule has 2 aromatic carbocycles. The highest BCUT2D eigenvalue weighted by Crippen LogP contribution is 2.31. The number of aliphatic hydroxyl groups is 2. The number of aliphatic hydroxyl groups excluding tert-OH is 2. The van der Waals surface area contributed by atoms with Crippen LogP contribution in [0.5, 0.6) is 5.75 Å². The van der Waals surface area contributed by atoms with Crippen molar-refractivity contribution < 1.29 is 24.3 Å². The van der Waals surface area contributed by atoms with Gasteiger partial charge in [-0.1, -0.05) is 32.0 Å². The second kappa shape index (κ2) is 13.5. The van der Waals surface area contributed by atoms with Crippen molar-refractivity contribution in [2.75, 3.05) is 33.4 Å². The lowest BCUT2D eigenvalue weighted by Crippen LogP contribution is -2.36. The number of hydrogen-bond acceptors (Lipinski definition) is 8. The van der Waals surface area contributed by atoms with Gasteiger partial charge in [0, 0.05) is 30.8 Å². The number of benzene rings is 2. The fourth-order valence-electron chi connectivity index (χ4n) is 4.41. The molecule has 3 N–H and O–H groups in total. The number of rotatable bonds is 13. The summed E-state index contributed by atoms with van der Waals surface area (Å²) in [5.41, 5.74) is 5.98. The first-order valence-electron chi connectivity index (χ1n) is 13.1. The Morgan fingerprint density at radius 2 is 1.87 bits per heavy atom. The summed E-state index contributed by atoms with van der Waals surface area (Å²) in [7, 11) is 2.14. The minimum Gasteiger partial charge on any atom is -0.490 e. The summed E-state index contributed by atoms with van der Waals surface area (Å²) < 4.78 is 11.5. The van der Waals surface area contributed by atoms with Crippen LogP contribution in [0.4, 0.5) is 0 Å². The Labute approximate surface area is 224 Å². The van der Waals surface area contributed by atoms with Crippen LogP contribution in [0.1, 0.15) is 43.0 Å². The standard InChI is InChI=1S/C29H40N4O5/c1-7-21-12-24(11-20(5)27(21)37-17-25(35)13-30-26(36)16-34)28-31-29(38-32-28)22-8-9-23(19(4)10-22)15-33(6)14-18(2)3/h8-12,18,25,34-35H,7,13-17H2,1-6H3,(H,30,36)/t25-/m0/s1. The normalized spacial score (nSPS) is 12.3. The minimum absolute atomic E-state index is 0.00127. The van der Waals surface area contributed by atoms with E-state index in [2.05, 4.69) is 60.3 Å².